The molecule has 8 rings (SSSR count). The predicted octanol–water partition coefficient (Wildman–Crippen LogP) is 10.1. The summed E-state index contributed by atoms with van der Waals surface area (Å²) in [5, 5.41) is 5.35. The van der Waals surface area contributed by atoms with Gasteiger partial charge in [-0.25, -0.2) is 4.98 Å². The van der Waals surface area contributed by atoms with Crippen LogP contribution in [0.15, 0.2) is 134 Å². The lowest BCUT2D eigenvalue weighted by Gasteiger charge is -2.28. The van der Waals surface area contributed by atoms with E-state index in [2.05, 4.69) is 183 Å². The molecule has 0 saturated carbocycles. The molecule has 7 aromatic rings. The quantitative estimate of drug-likeness (QED) is 0.160. The number of hydrogen-bond acceptors (Lipinski definition) is 3. The lowest BCUT2D eigenvalue weighted by Crippen LogP contribution is -2.53. The van der Waals surface area contributed by atoms with Gasteiger partial charge in [-0.2, -0.15) is 0 Å². The van der Waals surface area contributed by atoms with Crippen LogP contribution in [0.4, 0.5) is 17.1 Å². The van der Waals surface area contributed by atoms with Gasteiger partial charge in [-0.1, -0.05) is 116 Å². The minimum Gasteiger partial charge on any atom is -0.349 e. The van der Waals surface area contributed by atoms with E-state index < -0.39 is 8.07 Å². The lowest BCUT2D eigenvalue weighted by atomic mass is 9.93. The molecule has 3 heterocycles. The van der Waals surface area contributed by atoms with Crippen molar-refractivity contribution >= 4 is 57.3 Å². The van der Waals surface area contributed by atoms with Crippen molar-refractivity contribution in [2.24, 2.45) is 0 Å². The minimum atomic E-state index is -2.12. The molecule has 0 spiro atoms. The van der Waals surface area contributed by atoms with Gasteiger partial charge in [0.1, 0.15) is 13.9 Å². The molecule has 0 unspecified atom stereocenters. The van der Waals surface area contributed by atoms with E-state index in [4.69, 9.17) is 4.98 Å². The maximum Gasteiger partial charge on any atom is 0.138 e. The predicted molar refractivity (Wildman–Crippen MR) is 212 cm³/mol. The Kier molecular flexibility index (Phi) is 7.68. The zero-order valence-electron chi connectivity index (χ0n) is 29.4. The third kappa shape index (κ3) is 5.24. The summed E-state index contributed by atoms with van der Waals surface area (Å²) < 4.78 is 2.37. The highest BCUT2D eigenvalue weighted by Crippen LogP contribution is 2.41. The van der Waals surface area contributed by atoms with Crippen LogP contribution in [0.2, 0.25) is 13.1 Å². The van der Waals surface area contributed by atoms with Gasteiger partial charge in [0, 0.05) is 28.7 Å². The van der Waals surface area contributed by atoms with Crippen molar-refractivity contribution in [3.05, 3.63) is 139 Å². The van der Waals surface area contributed by atoms with E-state index >= 15 is 0 Å². The fraction of sp³-hybridized carbons (Fsp3) is 0.205. The fourth-order valence-corrected chi connectivity index (χ4v) is 10.1. The largest absolute Gasteiger partial charge is 0.349 e. The van der Waals surface area contributed by atoms with Gasteiger partial charge in [0.15, 0.2) is 0 Å². The number of pyridine rings is 1. The summed E-state index contributed by atoms with van der Waals surface area (Å²) in [6, 6.07) is 47.6. The number of aromatic nitrogens is 2. The number of para-hydroxylation sites is 3. The van der Waals surface area contributed by atoms with Gasteiger partial charge in [-0.15, -0.1) is 0 Å². The Bertz CT molecular complexity index is 2330. The van der Waals surface area contributed by atoms with Crippen LogP contribution in [-0.2, 0) is 0 Å². The van der Waals surface area contributed by atoms with Gasteiger partial charge in [-0.3, -0.25) is 4.57 Å². The van der Waals surface area contributed by atoms with Crippen LogP contribution >= 0.6 is 0 Å². The zero-order chi connectivity index (χ0) is 33.9. The van der Waals surface area contributed by atoms with Crippen LogP contribution in [0.1, 0.15) is 39.2 Å². The van der Waals surface area contributed by atoms with Crippen LogP contribution in [0.5, 0.6) is 0 Å². The van der Waals surface area contributed by atoms with Crippen LogP contribution in [0.25, 0.3) is 38.8 Å². The Morgan fingerprint density at radius 2 is 1.35 bits per heavy atom. The molecule has 244 valence electrons. The first kappa shape index (κ1) is 31.2. The molecule has 49 heavy (non-hydrogen) atoms. The van der Waals surface area contributed by atoms with Crippen molar-refractivity contribution in [1.29, 1.82) is 0 Å². The molecule has 0 bridgehead atoms. The Morgan fingerprint density at radius 1 is 0.633 bits per heavy atom. The minimum absolute atomic E-state index is 0.429. The molecule has 0 amide bonds. The number of fused-ring (bicyclic) bond motifs is 4. The molecule has 0 fully saturated rings. The van der Waals surface area contributed by atoms with Crippen molar-refractivity contribution in [3.8, 4) is 16.9 Å². The second-order valence-electron chi connectivity index (χ2n) is 14.5. The van der Waals surface area contributed by atoms with E-state index in [9.17, 15) is 0 Å². The highest BCUT2D eigenvalue weighted by molar-refractivity contribution is 7.00. The summed E-state index contributed by atoms with van der Waals surface area (Å²) in [6.07, 6.45) is 1.97. The zero-order valence-corrected chi connectivity index (χ0v) is 30.4. The molecular formula is C44H44N4Si. The first-order chi connectivity index (χ1) is 23.7. The first-order valence-electron chi connectivity index (χ1n) is 17.6. The normalized spacial score (nSPS) is 13.3. The highest BCUT2D eigenvalue weighted by atomic mass is 28.3. The molecule has 1 aliphatic rings. The third-order valence-corrected chi connectivity index (χ3v) is 14.1. The van der Waals surface area contributed by atoms with Crippen molar-refractivity contribution in [1.82, 2.24) is 9.55 Å². The summed E-state index contributed by atoms with van der Waals surface area (Å²) in [5.74, 6) is 1.38. The smallest absolute Gasteiger partial charge is 0.138 e. The molecule has 0 aliphatic carbocycles. The Balaban J connectivity index is 1.24. The number of hydrogen-bond donors (Lipinski definition) is 0. The average molecular weight is 657 g/mol. The maximum atomic E-state index is 4.99. The lowest BCUT2D eigenvalue weighted by molar-refractivity contribution is 0.709. The molecule has 0 saturated heterocycles. The number of anilines is 3. The Hall–Kier alpha value is -5.13. The van der Waals surface area contributed by atoms with E-state index in [1.807, 2.05) is 6.20 Å². The van der Waals surface area contributed by atoms with Crippen LogP contribution in [-0.4, -0.2) is 30.3 Å². The van der Waals surface area contributed by atoms with Crippen molar-refractivity contribution in [3.63, 3.8) is 0 Å². The summed E-state index contributed by atoms with van der Waals surface area (Å²) in [6.45, 7) is 14.9. The molecule has 0 N–H and O–H groups in total. The van der Waals surface area contributed by atoms with Gasteiger partial charge in [0.25, 0.3) is 0 Å². The molecule has 5 heteroatoms. The summed E-state index contributed by atoms with van der Waals surface area (Å²) in [5.41, 5.74) is 10.1. The molecule has 0 radical (unpaired) electrons. The van der Waals surface area contributed by atoms with E-state index in [1.165, 1.54) is 65.9 Å². The van der Waals surface area contributed by atoms with Gasteiger partial charge >= 0.3 is 0 Å². The average Bonchev–Trinajstić information content (AvgIpc) is 3.68. The second-order valence-corrected chi connectivity index (χ2v) is 18.9. The van der Waals surface area contributed by atoms with Crippen molar-refractivity contribution in [2.45, 2.75) is 52.7 Å². The van der Waals surface area contributed by atoms with Crippen LogP contribution < -0.4 is 20.2 Å². The number of benzene rings is 5. The summed E-state index contributed by atoms with van der Waals surface area (Å²) in [7, 11) is -2.12. The molecule has 4 nitrogen and oxygen atoms in total. The summed E-state index contributed by atoms with van der Waals surface area (Å²) >= 11 is 0. The molecule has 2 aromatic heterocycles. The van der Waals surface area contributed by atoms with E-state index in [-0.39, 0.29) is 0 Å². The van der Waals surface area contributed by atoms with Gasteiger partial charge < -0.3 is 9.80 Å². The van der Waals surface area contributed by atoms with Gasteiger partial charge in [0.2, 0.25) is 0 Å². The monoisotopic (exact) mass is 656 g/mol. The molecule has 5 aromatic carbocycles. The van der Waals surface area contributed by atoms with Crippen molar-refractivity contribution in [2.75, 3.05) is 16.5 Å². The second kappa shape index (κ2) is 12.1. The van der Waals surface area contributed by atoms with E-state index in [0.29, 0.717) is 12.0 Å². The highest BCUT2D eigenvalue weighted by Gasteiger charge is 2.31. The van der Waals surface area contributed by atoms with Crippen LogP contribution in [0.3, 0.4) is 0 Å². The topological polar surface area (TPSA) is 24.3 Å². The van der Waals surface area contributed by atoms with Crippen molar-refractivity contribution < 1.29 is 0 Å². The molecule has 1 aliphatic heterocycles. The molecule has 0 atom stereocenters. The maximum absolute atomic E-state index is 4.99. The fourth-order valence-electron chi connectivity index (χ4n) is 7.71. The Morgan fingerprint density at radius 3 is 2.16 bits per heavy atom. The van der Waals surface area contributed by atoms with E-state index in [0.717, 1.165) is 12.5 Å². The third-order valence-electron chi connectivity index (χ3n) is 10.5. The standard InChI is InChI=1S/C44H44N4Si/c1-30(2)36-16-7-8-17-37(36)32-24-25-45-44(26-32)48-40-19-10-9-18-38(40)39-23-22-35(28-43(39)48)49(5,6)34-15-13-14-33(27-34)47-29-46(31(3)4)41-20-11-12-21-42(41)47/h7-28,30-31H,29H2,1-6H3. The Labute approximate surface area is 291 Å². The number of nitrogens with zero attached hydrogens (tertiary/aromatic N) is 4. The number of rotatable bonds is 7. The summed E-state index contributed by atoms with van der Waals surface area (Å²) in [4.78, 5) is 9.95. The van der Waals surface area contributed by atoms with E-state index in [1.54, 1.807) is 0 Å². The SMILES string of the molecule is CC(C)c1ccccc1-c1ccnc(-n2c3ccccc3c3ccc([Si](C)(C)c4cccc(N5CN(C(C)C)c6ccccc65)c4)cc32)c1. The van der Waals surface area contributed by atoms with Gasteiger partial charge in [0.05, 0.1) is 29.1 Å². The van der Waals surface area contributed by atoms with Gasteiger partial charge in [-0.05, 0) is 85.0 Å². The van der Waals surface area contributed by atoms with Crippen LogP contribution in [0, 0.1) is 0 Å². The molecular weight excluding hydrogens is 613 g/mol. The first-order valence-corrected chi connectivity index (χ1v) is 20.6.